The van der Waals surface area contributed by atoms with Crippen LogP contribution in [0.15, 0.2) is 48.7 Å². The molecule has 0 aliphatic heterocycles. The molecule has 0 unspecified atom stereocenters. The van der Waals surface area contributed by atoms with Gasteiger partial charge in [0.05, 0.1) is 24.5 Å². The van der Waals surface area contributed by atoms with Crippen molar-refractivity contribution in [2.75, 3.05) is 19.0 Å². The number of benzene rings is 1. The molecule has 0 bridgehead atoms. The molecule has 12 nitrogen and oxygen atoms in total. The first-order valence-corrected chi connectivity index (χ1v) is 14.3. The number of hydrogen-bond acceptors (Lipinski definition) is 9. The van der Waals surface area contributed by atoms with Gasteiger partial charge in [0.1, 0.15) is 23.8 Å². The maximum absolute atomic E-state index is 13.2. The zero-order valence-electron chi connectivity index (χ0n) is 25.2. The Labute approximate surface area is 250 Å². The van der Waals surface area contributed by atoms with Crippen LogP contribution in [0.5, 0.6) is 5.75 Å². The van der Waals surface area contributed by atoms with Gasteiger partial charge in [0, 0.05) is 18.6 Å². The van der Waals surface area contributed by atoms with E-state index in [2.05, 4.69) is 30.8 Å². The second-order valence-electron chi connectivity index (χ2n) is 11.4. The third kappa shape index (κ3) is 6.59. The number of carbonyl (C=O) groups excluding carboxylic acids is 2. The molecule has 12 heteroatoms. The van der Waals surface area contributed by atoms with E-state index in [9.17, 15) is 9.59 Å². The van der Waals surface area contributed by atoms with Crippen molar-refractivity contribution in [2.24, 2.45) is 0 Å². The van der Waals surface area contributed by atoms with Gasteiger partial charge in [-0.15, -0.1) is 10.2 Å². The summed E-state index contributed by atoms with van der Waals surface area (Å²) in [7, 11) is 1.63. The first-order valence-electron chi connectivity index (χ1n) is 14.3. The van der Waals surface area contributed by atoms with E-state index >= 15 is 0 Å². The topological polar surface area (TPSA) is 142 Å². The number of esters is 1. The fourth-order valence-corrected chi connectivity index (χ4v) is 5.02. The molecule has 2 amide bonds. The minimum atomic E-state index is -0.641. The highest BCUT2D eigenvalue weighted by atomic mass is 16.5. The van der Waals surface area contributed by atoms with E-state index in [-0.39, 0.29) is 41.9 Å². The Morgan fingerprint density at radius 2 is 1.84 bits per heavy atom. The second-order valence-corrected chi connectivity index (χ2v) is 11.4. The Hall–Kier alpha value is -4.58. The molecule has 0 spiro atoms. The molecule has 226 valence electrons. The van der Waals surface area contributed by atoms with Crippen LogP contribution in [-0.2, 0) is 14.9 Å². The van der Waals surface area contributed by atoms with Gasteiger partial charge in [-0.25, -0.2) is 19.6 Å². The number of fused-ring (bicyclic) bond motifs is 2. The Morgan fingerprint density at radius 3 is 2.56 bits per heavy atom. The fourth-order valence-electron chi connectivity index (χ4n) is 5.02. The standard InChI is InChI=1S/C31H37N7O5/c1-7-42-29(39)27-33-24(31(3,4)5)16-25(34-27)35-30(40)32-22-13-14-23(21-11-9-8-10-20(21)22)43-19-12-15-26-36-37-28(18(2)41-6)38(26)17-19/h8-12,15-18,22-23H,7,13-14H2,1-6H3,(H2,32,33,34,35,40)/t18-,22-,23+/m0/s1. The van der Waals surface area contributed by atoms with Crippen LogP contribution in [0.4, 0.5) is 10.6 Å². The summed E-state index contributed by atoms with van der Waals surface area (Å²) in [5.74, 6) is 0.849. The zero-order valence-corrected chi connectivity index (χ0v) is 25.2. The van der Waals surface area contributed by atoms with Crippen LogP contribution in [0.2, 0.25) is 0 Å². The van der Waals surface area contributed by atoms with Crippen molar-refractivity contribution in [1.29, 1.82) is 0 Å². The fraction of sp³-hybridized carbons (Fsp3) is 0.419. The molecule has 43 heavy (non-hydrogen) atoms. The molecule has 0 radical (unpaired) electrons. The molecule has 4 aromatic rings. The average molecular weight is 588 g/mol. The van der Waals surface area contributed by atoms with E-state index in [4.69, 9.17) is 14.2 Å². The summed E-state index contributed by atoms with van der Waals surface area (Å²) in [5, 5.41) is 14.3. The molecule has 3 atom stereocenters. The maximum Gasteiger partial charge on any atom is 0.376 e. The molecular formula is C31H37N7O5. The predicted octanol–water partition coefficient (Wildman–Crippen LogP) is 5.48. The van der Waals surface area contributed by atoms with Crippen molar-refractivity contribution >= 4 is 23.5 Å². The Balaban J connectivity index is 1.33. The van der Waals surface area contributed by atoms with Gasteiger partial charge in [0.2, 0.25) is 5.82 Å². The van der Waals surface area contributed by atoms with Crippen molar-refractivity contribution in [3.8, 4) is 5.75 Å². The molecular weight excluding hydrogens is 550 g/mol. The van der Waals surface area contributed by atoms with Crippen molar-refractivity contribution in [3.05, 3.63) is 77.1 Å². The number of pyridine rings is 1. The number of nitrogens with one attached hydrogen (secondary N) is 2. The number of urea groups is 1. The van der Waals surface area contributed by atoms with E-state index < -0.39 is 12.0 Å². The molecule has 0 fully saturated rings. The van der Waals surface area contributed by atoms with Crippen LogP contribution in [0, 0.1) is 0 Å². The number of amides is 2. The Bertz CT molecular complexity index is 1630. The number of rotatable bonds is 8. The number of nitrogens with zero attached hydrogens (tertiary/aromatic N) is 5. The zero-order chi connectivity index (χ0) is 30.7. The van der Waals surface area contributed by atoms with Crippen LogP contribution in [0.1, 0.15) is 99.0 Å². The summed E-state index contributed by atoms with van der Waals surface area (Å²) >= 11 is 0. The lowest BCUT2D eigenvalue weighted by Crippen LogP contribution is -2.36. The SMILES string of the molecule is CCOC(=O)c1nc(NC(=O)N[C@H]2CC[C@@H](Oc3ccc4nnc([C@H](C)OC)n4c3)c3ccccc32)cc(C(C)(C)C)n1. The van der Waals surface area contributed by atoms with Gasteiger partial charge in [-0.3, -0.25) is 9.72 Å². The molecule has 1 aromatic carbocycles. The Morgan fingerprint density at radius 1 is 1.07 bits per heavy atom. The van der Waals surface area contributed by atoms with Gasteiger partial charge in [0.15, 0.2) is 11.5 Å². The highest BCUT2D eigenvalue weighted by Crippen LogP contribution is 2.39. The molecule has 0 saturated carbocycles. The maximum atomic E-state index is 13.2. The van der Waals surface area contributed by atoms with Crippen LogP contribution in [-0.4, -0.2) is 50.3 Å². The van der Waals surface area contributed by atoms with Crippen molar-refractivity contribution in [1.82, 2.24) is 29.9 Å². The summed E-state index contributed by atoms with van der Waals surface area (Å²) < 4.78 is 18.9. The van der Waals surface area contributed by atoms with Gasteiger partial charge in [0.25, 0.3) is 0 Å². The number of aromatic nitrogens is 5. The lowest BCUT2D eigenvalue weighted by atomic mass is 9.85. The summed E-state index contributed by atoms with van der Waals surface area (Å²) in [6, 6.07) is 12.7. The van der Waals surface area contributed by atoms with E-state index in [1.54, 1.807) is 20.1 Å². The summed E-state index contributed by atoms with van der Waals surface area (Å²) in [4.78, 5) is 34.2. The van der Waals surface area contributed by atoms with Crippen LogP contribution in [0.25, 0.3) is 5.65 Å². The molecule has 1 aliphatic rings. The van der Waals surface area contributed by atoms with Gasteiger partial charge < -0.3 is 19.5 Å². The van der Waals surface area contributed by atoms with Crippen LogP contribution < -0.4 is 15.4 Å². The van der Waals surface area contributed by atoms with E-state index in [1.807, 2.05) is 74.7 Å². The molecule has 5 rings (SSSR count). The quantitative estimate of drug-likeness (QED) is 0.256. The first-order chi connectivity index (χ1) is 20.6. The van der Waals surface area contributed by atoms with Crippen LogP contribution in [0.3, 0.4) is 0 Å². The smallest absolute Gasteiger partial charge is 0.376 e. The highest BCUT2D eigenvalue weighted by Gasteiger charge is 2.30. The lowest BCUT2D eigenvalue weighted by Gasteiger charge is -2.32. The Kier molecular flexibility index (Phi) is 8.58. The number of hydrogen-bond donors (Lipinski definition) is 2. The third-order valence-electron chi connectivity index (χ3n) is 7.33. The van der Waals surface area contributed by atoms with Crippen molar-refractivity contribution in [2.45, 2.75) is 71.1 Å². The minimum Gasteiger partial charge on any atom is -0.484 e. The summed E-state index contributed by atoms with van der Waals surface area (Å²) in [6.45, 7) is 9.72. The monoisotopic (exact) mass is 587 g/mol. The molecule has 3 heterocycles. The number of ether oxygens (including phenoxy) is 3. The van der Waals surface area contributed by atoms with E-state index in [1.165, 1.54) is 0 Å². The van der Waals surface area contributed by atoms with Crippen molar-refractivity contribution in [3.63, 3.8) is 0 Å². The predicted molar refractivity (Wildman–Crippen MR) is 159 cm³/mol. The van der Waals surface area contributed by atoms with Gasteiger partial charge in [-0.05, 0) is 49.9 Å². The first kappa shape index (κ1) is 29.9. The minimum absolute atomic E-state index is 0.0963. The van der Waals surface area contributed by atoms with Gasteiger partial charge in [-0.1, -0.05) is 45.0 Å². The second kappa shape index (κ2) is 12.3. The van der Waals surface area contributed by atoms with Gasteiger partial charge >= 0.3 is 12.0 Å². The number of carbonyl (C=O) groups is 2. The van der Waals surface area contributed by atoms with Crippen molar-refractivity contribution < 1.29 is 23.8 Å². The molecule has 3 aromatic heterocycles. The lowest BCUT2D eigenvalue weighted by molar-refractivity contribution is 0.0511. The highest BCUT2D eigenvalue weighted by molar-refractivity contribution is 5.90. The molecule has 2 N–H and O–H groups in total. The molecule has 1 aliphatic carbocycles. The summed E-state index contributed by atoms with van der Waals surface area (Å²) in [6.07, 6.45) is 2.77. The summed E-state index contributed by atoms with van der Waals surface area (Å²) in [5.41, 5.74) is 2.90. The van der Waals surface area contributed by atoms with Gasteiger partial charge in [-0.2, -0.15) is 0 Å². The average Bonchev–Trinajstić information content (AvgIpc) is 3.41. The number of anilines is 1. The largest absolute Gasteiger partial charge is 0.484 e. The molecule has 0 saturated heterocycles. The third-order valence-corrected chi connectivity index (χ3v) is 7.33. The van der Waals surface area contributed by atoms with Crippen LogP contribution >= 0.6 is 0 Å². The normalized spacial score (nSPS) is 17.2. The number of methoxy groups -OCH3 is 1. The van der Waals surface area contributed by atoms with E-state index in [0.717, 1.165) is 11.1 Å². The van der Waals surface area contributed by atoms with E-state index in [0.29, 0.717) is 35.8 Å².